The first-order valence-electron chi connectivity index (χ1n) is 7.04. The largest absolute Gasteiger partial charge is 0.370 e. The lowest BCUT2D eigenvalue weighted by molar-refractivity contribution is 0.328. The van der Waals surface area contributed by atoms with Crippen molar-refractivity contribution >= 4 is 0 Å². The normalized spacial score (nSPS) is 25.0. The third kappa shape index (κ3) is 2.95. The highest BCUT2D eigenvalue weighted by molar-refractivity contribution is 5.36. The number of epoxide rings is 1. The monoisotopic (exact) mass is 246 g/mol. The Balaban J connectivity index is 2.14. The van der Waals surface area contributed by atoms with Crippen LogP contribution in [0.3, 0.4) is 0 Å². The zero-order chi connectivity index (χ0) is 13.5. The number of ether oxygens (including phenoxy) is 1. The molecule has 0 radical (unpaired) electrons. The third-order valence-corrected chi connectivity index (χ3v) is 3.99. The molecule has 100 valence electrons. The van der Waals surface area contributed by atoms with Gasteiger partial charge in [0.15, 0.2) is 0 Å². The molecule has 0 spiro atoms. The van der Waals surface area contributed by atoms with Gasteiger partial charge in [-0.05, 0) is 48.3 Å². The van der Waals surface area contributed by atoms with E-state index in [0.717, 1.165) is 6.42 Å². The van der Waals surface area contributed by atoms with Crippen LogP contribution in [0.5, 0.6) is 0 Å². The van der Waals surface area contributed by atoms with Crippen LogP contribution < -0.4 is 0 Å². The molecule has 0 bridgehead atoms. The summed E-state index contributed by atoms with van der Waals surface area (Å²) in [5.41, 5.74) is 4.54. The summed E-state index contributed by atoms with van der Waals surface area (Å²) in [5, 5.41) is 0. The molecule has 2 rings (SSSR count). The van der Waals surface area contributed by atoms with Gasteiger partial charge in [0, 0.05) is 0 Å². The molecule has 1 aromatic rings. The Morgan fingerprint density at radius 3 is 2.39 bits per heavy atom. The molecular formula is C17H26O. The minimum Gasteiger partial charge on any atom is -0.370 e. The van der Waals surface area contributed by atoms with Gasteiger partial charge in [-0.3, -0.25) is 0 Å². The molecular weight excluding hydrogens is 220 g/mol. The predicted molar refractivity (Wildman–Crippen MR) is 77.1 cm³/mol. The first kappa shape index (κ1) is 13.6. The fourth-order valence-corrected chi connectivity index (χ4v) is 2.89. The zero-order valence-corrected chi connectivity index (χ0v) is 12.6. The van der Waals surface area contributed by atoms with E-state index in [1.807, 2.05) is 0 Å². The Labute approximate surface area is 112 Å². The number of aryl methyl sites for hydroxylation is 1. The summed E-state index contributed by atoms with van der Waals surface area (Å²) < 4.78 is 5.57. The molecule has 0 saturated carbocycles. The summed E-state index contributed by atoms with van der Waals surface area (Å²) in [6.07, 6.45) is 2.06. The van der Waals surface area contributed by atoms with E-state index in [2.05, 4.69) is 59.7 Å². The van der Waals surface area contributed by atoms with Crippen LogP contribution in [0, 0.1) is 12.8 Å². The molecule has 0 N–H and O–H groups in total. The molecule has 18 heavy (non-hydrogen) atoms. The van der Waals surface area contributed by atoms with Crippen LogP contribution in [-0.4, -0.2) is 12.2 Å². The summed E-state index contributed by atoms with van der Waals surface area (Å²) in [4.78, 5) is 0. The molecule has 1 heterocycles. The van der Waals surface area contributed by atoms with Crippen molar-refractivity contribution in [2.75, 3.05) is 0 Å². The lowest BCUT2D eigenvalue weighted by atomic mass is 9.82. The Hall–Kier alpha value is -0.820. The smallest absolute Gasteiger partial charge is 0.0867 e. The van der Waals surface area contributed by atoms with Gasteiger partial charge in [-0.25, -0.2) is 0 Å². The molecule has 1 aromatic carbocycles. The van der Waals surface area contributed by atoms with Gasteiger partial charge in [-0.2, -0.15) is 0 Å². The number of benzene rings is 1. The highest BCUT2D eigenvalue weighted by atomic mass is 16.6. The van der Waals surface area contributed by atoms with Gasteiger partial charge in [0.1, 0.15) is 0 Å². The average Bonchev–Trinajstić information content (AvgIpc) is 2.97. The zero-order valence-electron chi connectivity index (χ0n) is 12.6. The molecule has 0 amide bonds. The van der Waals surface area contributed by atoms with Crippen LogP contribution in [0.2, 0.25) is 0 Å². The molecule has 3 atom stereocenters. The molecule has 1 saturated heterocycles. The Morgan fingerprint density at radius 1 is 1.28 bits per heavy atom. The fourth-order valence-electron chi connectivity index (χ4n) is 2.89. The van der Waals surface area contributed by atoms with Crippen molar-refractivity contribution in [3.8, 4) is 0 Å². The average molecular weight is 246 g/mol. The van der Waals surface area contributed by atoms with Crippen LogP contribution in [0.4, 0.5) is 0 Å². The standard InChI is InChI=1S/C17H26O/c1-11-7-8-14(10-15(11)17(4,5)6)9-12(2)16-13(3)18-16/h7-8,10,12-13,16H,9H2,1-6H3. The molecule has 0 aliphatic carbocycles. The van der Waals surface area contributed by atoms with Crippen molar-refractivity contribution in [3.63, 3.8) is 0 Å². The molecule has 1 heteroatoms. The van der Waals surface area contributed by atoms with Gasteiger partial charge in [0.05, 0.1) is 12.2 Å². The Morgan fingerprint density at radius 2 is 1.89 bits per heavy atom. The highest BCUT2D eigenvalue weighted by Gasteiger charge is 2.38. The topological polar surface area (TPSA) is 12.5 Å². The summed E-state index contributed by atoms with van der Waals surface area (Å²) >= 11 is 0. The molecule has 3 unspecified atom stereocenters. The van der Waals surface area contributed by atoms with Crippen LogP contribution in [0.25, 0.3) is 0 Å². The van der Waals surface area contributed by atoms with E-state index in [1.165, 1.54) is 16.7 Å². The number of hydrogen-bond donors (Lipinski definition) is 0. The molecule has 1 nitrogen and oxygen atoms in total. The maximum atomic E-state index is 5.57. The van der Waals surface area contributed by atoms with E-state index in [1.54, 1.807) is 0 Å². The number of rotatable bonds is 3. The predicted octanol–water partition coefficient (Wildman–Crippen LogP) is 4.26. The van der Waals surface area contributed by atoms with Crippen molar-refractivity contribution in [2.24, 2.45) is 5.92 Å². The second-order valence-corrected chi connectivity index (χ2v) is 6.89. The van der Waals surface area contributed by atoms with Crippen molar-refractivity contribution in [3.05, 3.63) is 34.9 Å². The van der Waals surface area contributed by atoms with Gasteiger partial charge >= 0.3 is 0 Å². The first-order valence-corrected chi connectivity index (χ1v) is 7.04. The van der Waals surface area contributed by atoms with Crippen molar-refractivity contribution in [1.29, 1.82) is 0 Å². The van der Waals surface area contributed by atoms with Crippen molar-refractivity contribution in [2.45, 2.75) is 65.6 Å². The molecule has 1 aliphatic rings. The summed E-state index contributed by atoms with van der Waals surface area (Å²) in [7, 11) is 0. The van der Waals surface area contributed by atoms with Gasteiger partial charge in [-0.15, -0.1) is 0 Å². The Bertz CT molecular complexity index is 428. The SMILES string of the molecule is Cc1ccc(CC(C)C2OC2C)cc1C(C)(C)C. The highest BCUT2D eigenvalue weighted by Crippen LogP contribution is 2.32. The third-order valence-electron chi connectivity index (χ3n) is 3.99. The van der Waals surface area contributed by atoms with Gasteiger partial charge in [0.25, 0.3) is 0 Å². The minimum atomic E-state index is 0.229. The van der Waals surface area contributed by atoms with E-state index in [9.17, 15) is 0 Å². The summed E-state index contributed by atoms with van der Waals surface area (Å²) in [6.45, 7) is 13.5. The number of hydrogen-bond acceptors (Lipinski definition) is 1. The minimum absolute atomic E-state index is 0.229. The molecule has 0 aromatic heterocycles. The van der Waals surface area contributed by atoms with E-state index < -0.39 is 0 Å². The second kappa shape index (κ2) is 4.70. The quantitative estimate of drug-likeness (QED) is 0.726. The van der Waals surface area contributed by atoms with Crippen molar-refractivity contribution < 1.29 is 4.74 Å². The van der Waals surface area contributed by atoms with Crippen LogP contribution in [-0.2, 0) is 16.6 Å². The fraction of sp³-hybridized carbons (Fsp3) is 0.647. The van der Waals surface area contributed by atoms with E-state index in [0.29, 0.717) is 18.1 Å². The maximum Gasteiger partial charge on any atom is 0.0867 e. The Kier molecular flexibility index (Phi) is 3.55. The second-order valence-electron chi connectivity index (χ2n) is 6.89. The van der Waals surface area contributed by atoms with Crippen LogP contribution in [0.15, 0.2) is 18.2 Å². The van der Waals surface area contributed by atoms with Crippen LogP contribution in [0.1, 0.15) is 51.3 Å². The van der Waals surface area contributed by atoms with Crippen molar-refractivity contribution in [1.82, 2.24) is 0 Å². The summed E-state index contributed by atoms with van der Waals surface area (Å²) in [6, 6.07) is 6.92. The van der Waals surface area contributed by atoms with E-state index >= 15 is 0 Å². The van der Waals surface area contributed by atoms with Gasteiger partial charge in [-0.1, -0.05) is 45.9 Å². The van der Waals surface area contributed by atoms with Gasteiger partial charge < -0.3 is 4.74 Å². The lowest BCUT2D eigenvalue weighted by Crippen LogP contribution is -2.15. The van der Waals surface area contributed by atoms with E-state index in [4.69, 9.17) is 4.74 Å². The van der Waals surface area contributed by atoms with Crippen LogP contribution >= 0.6 is 0 Å². The maximum absolute atomic E-state index is 5.57. The van der Waals surface area contributed by atoms with E-state index in [-0.39, 0.29) is 5.41 Å². The molecule has 1 fully saturated rings. The summed E-state index contributed by atoms with van der Waals surface area (Å²) in [5.74, 6) is 0.621. The first-order chi connectivity index (χ1) is 8.29. The van der Waals surface area contributed by atoms with Gasteiger partial charge in [0.2, 0.25) is 0 Å². The molecule has 1 aliphatic heterocycles. The lowest BCUT2D eigenvalue weighted by Gasteiger charge is -2.23.